The summed E-state index contributed by atoms with van der Waals surface area (Å²) in [6.45, 7) is -0.0213. The molecule has 1 aromatic carbocycles. The lowest BCUT2D eigenvalue weighted by atomic mass is 10.2. The van der Waals surface area contributed by atoms with E-state index in [2.05, 4.69) is 26.2 Å². The Hall–Kier alpha value is -2.34. The van der Waals surface area contributed by atoms with Gasteiger partial charge in [-0.1, -0.05) is 30.3 Å². The van der Waals surface area contributed by atoms with E-state index >= 15 is 0 Å². The van der Waals surface area contributed by atoms with Gasteiger partial charge in [-0.15, -0.1) is 0 Å². The molecule has 0 fully saturated rings. The highest BCUT2D eigenvalue weighted by Gasteiger charge is 2.36. The van der Waals surface area contributed by atoms with E-state index in [4.69, 9.17) is 19.7 Å². The number of alkyl halides is 2. The number of aliphatic hydroxyl groups is 2. The van der Waals surface area contributed by atoms with Crippen LogP contribution in [0.5, 0.6) is 0 Å². The number of carbonyl (C=O) groups is 1. The van der Waals surface area contributed by atoms with Gasteiger partial charge in [0.05, 0.1) is 13.2 Å². The van der Waals surface area contributed by atoms with Gasteiger partial charge in [-0.05, 0) is 34.5 Å². The number of nitrogens with one attached hydrogen (secondary N) is 1. The zero-order valence-corrected chi connectivity index (χ0v) is 17.1. The van der Waals surface area contributed by atoms with Gasteiger partial charge < -0.3 is 19.7 Å². The monoisotopic (exact) mass is 473 g/mol. The molecule has 158 valence electrons. The topological polar surface area (TPSA) is 123 Å². The molecule has 3 N–H and O–H groups in total. The van der Waals surface area contributed by atoms with E-state index in [1.807, 2.05) is 6.07 Å². The van der Waals surface area contributed by atoms with Crippen molar-refractivity contribution < 1.29 is 28.9 Å². The highest BCUT2D eigenvalue weighted by atomic mass is 79.9. The lowest BCUT2D eigenvalue weighted by molar-refractivity contribution is -0.128. The zero-order chi connectivity index (χ0) is 21.4. The van der Waals surface area contributed by atoms with E-state index in [0.29, 0.717) is 0 Å². The van der Waals surface area contributed by atoms with Gasteiger partial charge in [0.2, 0.25) is 4.58 Å². The van der Waals surface area contributed by atoms with E-state index in [9.17, 15) is 14.0 Å². The maximum absolute atomic E-state index is 14.5. The normalized spacial score (nSPS) is 14.3. The number of amides is 1. The second kappa shape index (κ2) is 10.4. The van der Waals surface area contributed by atoms with Crippen molar-refractivity contribution in [1.29, 1.82) is 0 Å². The number of nitrogens with zero attached hydrogens (tertiary/aromatic N) is 2. The number of hydrogen-bond donors (Lipinski definition) is 3. The van der Waals surface area contributed by atoms with Crippen LogP contribution >= 0.6 is 15.9 Å². The molecule has 2 atom stereocenters. The Balaban J connectivity index is 2.09. The predicted molar refractivity (Wildman–Crippen MR) is 105 cm³/mol. The Morgan fingerprint density at radius 1 is 1.31 bits per heavy atom. The minimum atomic E-state index is -2.22. The maximum Gasteiger partial charge on any atom is 0.413 e. The molecule has 0 aliphatic rings. The molecule has 1 aromatic heterocycles. The minimum Gasteiger partial charge on any atom is -0.444 e. The lowest BCUT2D eigenvalue weighted by Crippen LogP contribution is -2.40. The van der Waals surface area contributed by atoms with Gasteiger partial charge in [0, 0.05) is 6.20 Å². The number of aromatic nitrogens is 2. The number of carbonyl (C=O) groups excluding carboxylic acids is 1. The molecule has 9 nitrogen and oxygen atoms in total. The van der Waals surface area contributed by atoms with Gasteiger partial charge >= 0.3 is 11.8 Å². The second-order valence-corrected chi connectivity index (χ2v) is 7.67. The van der Waals surface area contributed by atoms with Gasteiger partial charge in [-0.25, -0.2) is 14.0 Å². The van der Waals surface area contributed by atoms with Crippen LogP contribution in [0.1, 0.15) is 18.7 Å². The van der Waals surface area contributed by atoms with Gasteiger partial charge in [0.25, 0.3) is 0 Å². The van der Waals surface area contributed by atoms with Gasteiger partial charge in [-0.2, -0.15) is 4.98 Å². The number of hydrogen-bond acceptors (Lipinski definition) is 7. The van der Waals surface area contributed by atoms with E-state index in [-0.39, 0.29) is 12.4 Å². The molecule has 0 bridgehead atoms. The third kappa shape index (κ3) is 6.89. The summed E-state index contributed by atoms with van der Waals surface area (Å²) in [5, 5.41) is 20.6. The van der Waals surface area contributed by atoms with Crippen LogP contribution in [0.4, 0.5) is 15.0 Å². The van der Waals surface area contributed by atoms with Gasteiger partial charge in [0.1, 0.15) is 18.5 Å². The van der Waals surface area contributed by atoms with Gasteiger partial charge in [0.15, 0.2) is 6.23 Å². The summed E-state index contributed by atoms with van der Waals surface area (Å²) in [6, 6.07) is 10.3. The quantitative estimate of drug-likeness (QED) is 0.475. The van der Waals surface area contributed by atoms with E-state index in [1.165, 1.54) is 6.07 Å². The summed E-state index contributed by atoms with van der Waals surface area (Å²) < 4.78 is 23.4. The number of rotatable bonds is 9. The molecular formula is C18H21BrFN3O6. The summed E-state index contributed by atoms with van der Waals surface area (Å²) in [6.07, 6.45) is -2.29. The van der Waals surface area contributed by atoms with Crippen LogP contribution in [0.2, 0.25) is 0 Å². The fourth-order valence-electron chi connectivity index (χ4n) is 2.28. The molecule has 2 rings (SSSR count). The first-order valence-electron chi connectivity index (χ1n) is 8.56. The molecule has 0 aliphatic carbocycles. The number of anilines is 1. The summed E-state index contributed by atoms with van der Waals surface area (Å²) in [5.74, 6) is -0.0981. The Labute approximate surface area is 174 Å². The van der Waals surface area contributed by atoms with Crippen molar-refractivity contribution in [2.75, 3.05) is 18.5 Å². The SMILES string of the molecule is C[C@@](F)(Br)[C@@H](OC(CO)CO)n1ccc(NC(=O)OCc2ccccc2)nc1=O. The molecule has 0 radical (unpaired) electrons. The molecule has 1 amide bonds. The van der Waals surface area contributed by atoms with Crippen LogP contribution in [-0.4, -0.2) is 49.8 Å². The molecule has 0 unspecified atom stereocenters. The van der Waals surface area contributed by atoms with Crippen molar-refractivity contribution in [3.63, 3.8) is 0 Å². The van der Waals surface area contributed by atoms with Crippen LogP contribution in [0.3, 0.4) is 0 Å². The molecule has 0 spiro atoms. The molecule has 0 saturated carbocycles. The molecular weight excluding hydrogens is 453 g/mol. The number of ether oxygens (including phenoxy) is 2. The highest BCUT2D eigenvalue weighted by molar-refractivity contribution is 9.10. The lowest BCUT2D eigenvalue weighted by Gasteiger charge is -2.29. The van der Waals surface area contributed by atoms with Crippen LogP contribution in [0, 0.1) is 0 Å². The summed E-state index contributed by atoms with van der Waals surface area (Å²) in [5.41, 5.74) is -0.137. The summed E-state index contributed by atoms with van der Waals surface area (Å²) in [4.78, 5) is 27.8. The van der Waals surface area contributed by atoms with Crippen molar-refractivity contribution in [3.05, 3.63) is 58.6 Å². The average Bonchev–Trinajstić information content (AvgIpc) is 2.68. The van der Waals surface area contributed by atoms with E-state index in [1.54, 1.807) is 24.3 Å². The summed E-state index contributed by atoms with van der Waals surface area (Å²) >= 11 is 2.77. The smallest absolute Gasteiger partial charge is 0.413 e. The van der Waals surface area contributed by atoms with Crippen molar-refractivity contribution in [1.82, 2.24) is 9.55 Å². The number of halogens is 2. The Kier molecular flexibility index (Phi) is 8.26. The molecule has 1 heterocycles. The van der Waals surface area contributed by atoms with E-state index in [0.717, 1.165) is 23.3 Å². The first-order chi connectivity index (χ1) is 13.7. The number of aliphatic hydroxyl groups excluding tert-OH is 2. The highest BCUT2D eigenvalue weighted by Crippen LogP contribution is 2.34. The first kappa shape index (κ1) is 22.9. The first-order valence-corrected chi connectivity index (χ1v) is 9.35. The molecule has 11 heteroatoms. The predicted octanol–water partition coefficient (Wildman–Crippen LogP) is 1.94. The zero-order valence-electron chi connectivity index (χ0n) is 15.5. The minimum absolute atomic E-state index is 0.0349. The van der Waals surface area contributed by atoms with Crippen LogP contribution in [0.15, 0.2) is 47.4 Å². The molecule has 2 aromatic rings. The van der Waals surface area contributed by atoms with Crippen LogP contribution < -0.4 is 11.0 Å². The fraction of sp³-hybridized carbons (Fsp3) is 0.389. The second-order valence-electron chi connectivity index (χ2n) is 6.12. The van der Waals surface area contributed by atoms with Gasteiger partial charge in [-0.3, -0.25) is 9.88 Å². The largest absolute Gasteiger partial charge is 0.444 e. The maximum atomic E-state index is 14.5. The third-order valence-corrected chi connectivity index (χ3v) is 4.08. The average molecular weight is 474 g/mol. The van der Waals surface area contributed by atoms with Crippen LogP contribution in [0.25, 0.3) is 0 Å². The van der Waals surface area contributed by atoms with Crippen molar-refractivity contribution in [2.45, 2.75) is 30.4 Å². The molecule has 0 saturated heterocycles. The van der Waals surface area contributed by atoms with Crippen molar-refractivity contribution in [3.8, 4) is 0 Å². The molecule has 0 aliphatic heterocycles. The van der Waals surface area contributed by atoms with Crippen molar-refractivity contribution >= 4 is 27.8 Å². The van der Waals surface area contributed by atoms with Crippen molar-refractivity contribution in [2.24, 2.45) is 0 Å². The Morgan fingerprint density at radius 3 is 2.52 bits per heavy atom. The summed E-state index contributed by atoms with van der Waals surface area (Å²) in [7, 11) is 0. The van der Waals surface area contributed by atoms with Crippen LogP contribution in [-0.2, 0) is 16.1 Å². The number of benzene rings is 1. The molecule has 29 heavy (non-hydrogen) atoms. The third-order valence-electron chi connectivity index (χ3n) is 3.69. The fourth-order valence-corrected chi connectivity index (χ4v) is 2.61. The van der Waals surface area contributed by atoms with E-state index < -0.39 is 41.9 Å². The Bertz CT molecular complexity index is 855. The standard InChI is InChI=1S/C18H21BrFN3O6/c1-18(19,20)15(29-13(9-24)10-25)23-8-7-14(21-16(23)26)22-17(27)28-11-12-5-3-2-4-6-12/h2-8,13,15,24-25H,9-11H2,1H3,(H,21,22,26,27)/t15-,18+/m1/s1. The Morgan fingerprint density at radius 2 is 1.97 bits per heavy atom.